The SMILES string of the molecule is COc1cc(C(=O)N(C)C)ccc1-c1cc2nccc(-c3ccc(OC4CCNC4)c(C#N)c3)c2o1.Cl. The molecular formula is C28H27ClN4O4. The monoisotopic (exact) mass is 518 g/mol. The predicted molar refractivity (Wildman–Crippen MR) is 143 cm³/mol. The molecule has 1 atom stereocenters. The average molecular weight is 519 g/mol. The lowest BCUT2D eigenvalue weighted by Gasteiger charge is -2.14. The van der Waals surface area contributed by atoms with Gasteiger partial charge in [0.15, 0.2) is 5.58 Å². The molecule has 9 heteroatoms. The van der Waals surface area contributed by atoms with Crippen LogP contribution in [0.2, 0.25) is 0 Å². The highest BCUT2D eigenvalue weighted by Gasteiger charge is 2.20. The van der Waals surface area contributed by atoms with Gasteiger partial charge in [0.25, 0.3) is 5.91 Å². The van der Waals surface area contributed by atoms with Crippen LogP contribution < -0.4 is 14.8 Å². The maximum atomic E-state index is 12.4. The van der Waals surface area contributed by atoms with Crippen molar-refractivity contribution in [2.45, 2.75) is 12.5 Å². The fraction of sp³-hybridized carbons (Fsp3) is 0.250. The molecule has 37 heavy (non-hydrogen) atoms. The molecule has 1 amide bonds. The van der Waals surface area contributed by atoms with E-state index in [1.54, 1.807) is 39.5 Å². The Kier molecular flexibility index (Phi) is 7.67. The molecule has 8 nitrogen and oxygen atoms in total. The number of carbonyl (C=O) groups excluding carboxylic acids is 1. The number of amides is 1. The second-order valence-electron chi connectivity index (χ2n) is 8.85. The van der Waals surface area contributed by atoms with Gasteiger partial charge in [0.1, 0.15) is 34.9 Å². The lowest BCUT2D eigenvalue weighted by Crippen LogP contribution is -2.21. The molecule has 0 radical (unpaired) electrons. The molecule has 4 aromatic rings. The molecule has 0 spiro atoms. The van der Waals surface area contributed by atoms with Crippen molar-refractivity contribution < 1.29 is 18.7 Å². The number of halogens is 1. The van der Waals surface area contributed by atoms with Crippen LogP contribution in [-0.4, -0.2) is 56.2 Å². The summed E-state index contributed by atoms with van der Waals surface area (Å²) in [5.74, 6) is 1.56. The number of methoxy groups -OCH3 is 1. The summed E-state index contributed by atoms with van der Waals surface area (Å²) in [4.78, 5) is 18.4. The van der Waals surface area contributed by atoms with Gasteiger partial charge in [0.2, 0.25) is 0 Å². The first-order valence-electron chi connectivity index (χ1n) is 11.7. The van der Waals surface area contributed by atoms with Gasteiger partial charge >= 0.3 is 0 Å². The van der Waals surface area contributed by atoms with Crippen LogP contribution in [0.15, 0.2) is 59.1 Å². The van der Waals surface area contributed by atoms with Crippen molar-refractivity contribution in [2.75, 3.05) is 34.3 Å². The van der Waals surface area contributed by atoms with Crippen molar-refractivity contribution in [3.8, 4) is 40.0 Å². The van der Waals surface area contributed by atoms with Crippen molar-refractivity contribution in [1.29, 1.82) is 5.26 Å². The van der Waals surface area contributed by atoms with Gasteiger partial charge in [-0.25, -0.2) is 0 Å². The fourth-order valence-corrected chi connectivity index (χ4v) is 4.38. The normalized spacial score (nSPS) is 14.6. The zero-order chi connectivity index (χ0) is 25.2. The summed E-state index contributed by atoms with van der Waals surface area (Å²) < 4.78 is 17.9. The van der Waals surface area contributed by atoms with Crippen LogP contribution in [0.5, 0.6) is 11.5 Å². The van der Waals surface area contributed by atoms with Crippen LogP contribution in [-0.2, 0) is 0 Å². The Hall–Kier alpha value is -4.06. The summed E-state index contributed by atoms with van der Waals surface area (Å²) in [7, 11) is 4.97. The van der Waals surface area contributed by atoms with Crippen molar-refractivity contribution in [3.05, 3.63) is 65.9 Å². The largest absolute Gasteiger partial charge is 0.496 e. The van der Waals surface area contributed by atoms with Crippen molar-refractivity contribution in [2.24, 2.45) is 0 Å². The maximum absolute atomic E-state index is 12.4. The second kappa shape index (κ2) is 10.9. The van der Waals surface area contributed by atoms with Crippen LogP contribution >= 0.6 is 12.4 Å². The van der Waals surface area contributed by atoms with E-state index >= 15 is 0 Å². The topological polar surface area (TPSA) is 101 Å². The van der Waals surface area contributed by atoms with E-state index in [0.717, 1.165) is 30.6 Å². The molecule has 2 aromatic heterocycles. The molecule has 0 saturated carbocycles. The highest BCUT2D eigenvalue weighted by Crippen LogP contribution is 2.38. The van der Waals surface area contributed by atoms with E-state index in [1.807, 2.05) is 36.4 Å². The third-order valence-corrected chi connectivity index (χ3v) is 6.25. The Bertz CT molecular complexity index is 1490. The number of hydrogen-bond acceptors (Lipinski definition) is 7. The minimum atomic E-state index is -0.113. The number of rotatable bonds is 6. The summed E-state index contributed by atoms with van der Waals surface area (Å²) >= 11 is 0. The van der Waals surface area contributed by atoms with Crippen LogP contribution in [0.3, 0.4) is 0 Å². The van der Waals surface area contributed by atoms with E-state index in [0.29, 0.717) is 45.0 Å². The third kappa shape index (κ3) is 5.10. The first-order chi connectivity index (χ1) is 17.5. The van der Waals surface area contributed by atoms with Crippen molar-refractivity contribution >= 4 is 29.4 Å². The number of aromatic nitrogens is 1. The number of fused-ring (bicyclic) bond motifs is 1. The molecule has 190 valence electrons. The molecule has 3 heterocycles. The zero-order valence-corrected chi connectivity index (χ0v) is 21.6. The summed E-state index contributed by atoms with van der Waals surface area (Å²) in [6, 6.07) is 16.8. The van der Waals surface area contributed by atoms with Gasteiger partial charge in [-0.1, -0.05) is 6.07 Å². The molecule has 1 aliphatic rings. The number of nitriles is 1. The molecular weight excluding hydrogens is 492 g/mol. The number of nitrogens with zero attached hydrogens (tertiary/aromatic N) is 3. The maximum Gasteiger partial charge on any atom is 0.253 e. The van der Waals surface area contributed by atoms with Crippen LogP contribution in [0.25, 0.3) is 33.6 Å². The van der Waals surface area contributed by atoms with Gasteiger partial charge < -0.3 is 24.1 Å². The van der Waals surface area contributed by atoms with E-state index < -0.39 is 0 Å². The van der Waals surface area contributed by atoms with Gasteiger partial charge in [-0.2, -0.15) is 5.26 Å². The van der Waals surface area contributed by atoms with Gasteiger partial charge in [-0.3, -0.25) is 9.78 Å². The third-order valence-electron chi connectivity index (χ3n) is 6.25. The quantitative estimate of drug-likeness (QED) is 0.387. The number of pyridine rings is 1. The van der Waals surface area contributed by atoms with E-state index in [9.17, 15) is 10.1 Å². The number of furan rings is 1. The smallest absolute Gasteiger partial charge is 0.253 e. The van der Waals surface area contributed by atoms with E-state index in [1.165, 1.54) is 4.90 Å². The zero-order valence-electron chi connectivity index (χ0n) is 20.8. The Labute approximate surface area is 221 Å². The number of nitrogens with one attached hydrogen (secondary N) is 1. The molecule has 1 saturated heterocycles. The average Bonchev–Trinajstić information content (AvgIpc) is 3.57. The molecule has 2 aromatic carbocycles. The highest BCUT2D eigenvalue weighted by molar-refractivity contribution is 5.96. The van der Waals surface area contributed by atoms with E-state index in [4.69, 9.17) is 13.9 Å². The molecule has 0 bridgehead atoms. The van der Waals surface area contributed by atoms with E-state index in [-0.39, 0.29) is 24.4 Å². The minimum Gasteiger partial charge on any atom is -0.496 e. The van der Waals surface area contributed by atoms with Crippen LogP contribution in [0, 0.1) is 11.3 Å². The molecule has 1 N–H and O–H groups in total. The molecule has 1 aliphatic heterocycles. The van der Waals surface area contributed by atoms with Crippen molar-refractivity contribution in [3.63, 3.8) is 0 Å². The lowest BCUT2D eigenvalue weighted by atomic mass is 10.0. The molecule has 1 unspecified atom stereocenters. The minimum absolute atomic E-state index is 0. The Morgan fingerprint density at radius 1 is 1.14 bits per heavy atom. The standard InChI is InChI=1S/C28H26N4O4.ClH/c1-32(2)28(33)18-4-6-22(25(13-18)34-3)26-14-23-27(36-26)21(9-11-31-23)17-5-7-24(19(12-17)15-29)35-20-8-10-30-16-20;/h4-7,9,11-14,20,30H,8,10,16H2,1-3H3;1H. The molecule has 1 fully saturated rings. The summed E-state index contributed by atoms with van der Waals surface area (Å²) in [6.07, 6.45) is 2.70. The van der Waals surface area contributed by atoms with Crippen molar-refractivity contribution in [1.82, 2.24) is 15.2 Å². The number of hydrogen-bond donors (Lipinski definition) is 1. The number of benzene rings is 2. The Morgan fingerprint density at radius 2 is 1.97 bits per heavy atom. The first-order valence-corrected chi connectivity index (χ1v) is 11.7. The van der Waals surface area contributed by atoms with Gasteiger partial charge in [0, 0.05) is 44.0 Å². The number of ether oxygens (including phenoxy) is 2. The predicted octanol–water partition coefficient (Wildman–Crippen LogP) is 4.91. The van der Waals surface area contributed by atoms with E-state index in [2.05, 4.69) is 16.4 Å². The molecule has 0 aliphatic carbocycles. The van der Waals surface area contributed by atoms with Gasteiger partial charge in [-0.05, 0) is 54.9 Å². The van der Waals surface area contributed by atoms with Crippen LogP contribution in [0.4, 0.5) is 0 Å². The van der Waals surface area contributed by atoms with Gasteiger partial charge in [0.05, 0.1) is 18.2 Å². The summed E-state index contributed by atoms with van der Waals surface area (Å²) in [5.41, 5.74) is 4.62. The second-order valence-corrected chi connectivity index (χ2v) is 8.85. The first kappa shape index (κ1) is 26.0. The van der Waals surface area contributed by atoms with Gasteiger partial charge in [-0.15, -0.1) is 12.4 Å². The number of carbonyl (C=O) groups is 1. The highest BCUT2D eigenvalue weighted by atomic mass is 35.5. The van der Waals surface area contributed by atoms with Crippen LogP contribution in [0.1, 0.15) is 22.3 Å². The molecule has 5 rings (SSSR count). The summed E-state index contributed by atoms with van der Waals surface area (Å²) in [6.45, 7) is 1.69. The Morgan fingerprint density at radius 3 is 2.68 bits per heavy atom. The summed E-state index contributed by atoms with van der Waals surface area (Å²) in [5, 5.41) is 13.0. The lowest BCUT2D eigenvalue weighted by molar-refractivity contribution is 0.0827. The fourth-order valence-electron chi connectivity index (χ4n) is 4.38. The Balaban J connectivity index is 0.00000320.